The second kappa shape index (κ2) is 8.09. The number of nitrogens with zero attached hydrogens (tertiary/aromatic N) is 1. The lowest BCUT2D eigenvalue weighted by atomic mass is 10.2. The van der Waals surface area contributed by atoms with E-state index in [1.165, 1.54) is 10.8 Å². The van der Waals surface area contributed by atoms with Crippen LogP contribution in [0.1, 0.15) is 39.0 Å². The second-order valence-electron chi connectivity index (χ2n) is 8.05. The molecule has 1 aliphatic heterocycles. The van der Waals surface area contributed by atoms with E-state index in [0.29, 0.717) is 5.56 Å². The predicted octanol–water partition coefficient (Wildman–Crippen LogP) is 2.61. The van der Waals surface area contributed by atoms with Crippen molar-refractivity contribution >= 4 is 37.0 Å². The standard InChI is InChI=1S/C17H27IN2O5Si/c1-17(2,3)26(4,5)24-10-13-12(21)8-14(25-13)20-9-11(6-7-18)15(22)19-16(20)23/h6-7,9,12-14,21H,8,10H2,1-5H3,(H,19,22,23)/b7-6+/t12-,13+,14+/m0/s1. The lowest BCUT2D eigenvalue weighted by Gasteiger charge is -2.37. The number of aliphatic hydroxyl groups is 1. The van der Waals surface area contributed by atoms with E-state index in [4.69, 9.17) is 9.16 Å². The summed E-state index contributed by atoms with van der Waals surface area (Å²) in [6.45, 7) is 11.0. The summed E-state index contributed by atoms with van der Waals surface area (Å²) in [6.07, 6.45) is 1.47. The van der Waals surface area contributed by atoms with Gasteiger partial charge < -0.3 is 14.3 Å². The zero-order chi connectivity index (χ0) is 19.7. The van der Waals surface area contributed by atoms with E-state index in [-0.39, 0.29) is 18.1 Å². The van der Waals surface area contributed by atoms with Crippen molar-refractivity contribution in [1.82, 2.24) is 9.55 Å². The third-order valence-corrected chi connectivity index (χ3v) is 10.0. The Bertz CT molecular complexity index is 781. The van der Waals surface area contributed by atoms with Crippen LogP contribution in [0.3, 0.4) is 0 Å². The van der Waals surface area contributed by atoms with Gasteiger partial charge in [0.05, 0.1) is 18.3 Å². The lowest BCUT2D eigenvalue weighted by Crippen LogP contribution is -2.43. The van der Waals surface area contributed by atoms with Crippen LogP contribution in [0.5, 0.6) is 0 Å². The molecule has 2 rings (SSSR count). The molecule has 146 valence electrons. The van der Waals surface area contributed by atoms with Crippen LogP contribution in [0.4, 0.5) is 0 Å². The Balaban J connectivity index is 2.15. The number of hydrogen-bond acceptors (Lipinski definition) is 5. The third kappa shape index (κ3) is 4.74. The highest BCUT2D eigenvalue weighted by atomic mass is 127. The topological polar surface area (TPSA) is 93.5 Å². The zero-order valence-corrected chi connectivity index (χ0v) is 18.9. The van der Waals surface area contributed by atoms with Crippen molar-refractivity contribution in [3.8, 4) is 0 Å². The summed E-state index contributed by atoms with van der Waals surface area (Å²) < 4.78 is 15.0. The molecule has 3 atom stereocenters. The van der Waals surface area contributed by atoms with Gasteiger partial charge in [-0.1, -0.05) is 43.4 Å². The van der Waals surface area contributed by atoms with Gasteiger partial charge in [-0.05, 0) is 28.3 Å². The average molecular weight is 494 g/mol. The first-order valence-corrected chi connectivity index (χ1v) is 12.7. The van der Waals surface area contributed by atoms with Crippen molar-refractivity contribution in [3.05, 3.63) is 36.7 Å². The molecule has 9 heteroatoms. The number of aliphatic hydroxyl groups excluding tert-OH is 1. The maximum absolute atomic E-state index is 12.1. The average Bonchev–Trinajstić information content (AvgIpc) is 2.88. The lowest BCUT2D eigenvalue weighted by molar-refractivity contribution is -0.0433. The Hall–Kier alpha value is -0.753. The van der Waals surface area contributed by atoms with Gasteiger partial charge in [-0.3, -0.25) is 14.3 Å². The molecule has 0 unspecified atom stereocenters. The molecule has 1 aromatic heterocycles. The van der Waals surface area contributed by atoms with Gasteiger partial charge in [0, 0.05) is 12.6 Å². The van der Waals surface area contributed by atoms with E-state index in [1.807, 2.05) is 22.6 Å². The van der Waals surface area contributed by atoms with Crippen LogP contribution in [0, 0.1) is 0 Å². The van der Waals surface area contributed by atoms with Gasteiger partial charge in [-0.15, -0.1) is 0 Å². The highest BCUT2D eigenvalue weighted by Gasteiger charge is 2.41. The van der Waals surface area contributed by atoms with E-state index < -0.39 is 38.0 Å². The number of nitrogens with one attached hydrogen (secondary N) is 1. The van der Waals surface area contributed by atoms with Crippen molar-refractivity contribution in [1.29, 1.82) is 0 Å². The summed E-state index contributed by atoms with van der Waals surface area (Å²) in [4.78, 5) is 26.2. The fraction of sp³-hybridized carbons (Fsp3) is 0.647. The quantitative estimate of drug-likeness (QED) is 0.485. The highest BCUT2D eigenvalue weighted by molar-refractivity contribution is 14.1. The molecule has 1 aliphatic rings. The molecule has 1 fully saturated rings. The number of halogens is 1. The SMILES string of the molecule is CC(C)(C)[Si](C)(C)OC[C@H]1O[C@@H](n2cc(/C=C/I)c(=O)[nH]c2=O)C[C@@H]1O. The number of rotatable bonds is 5. The van der Waals surface area contributed by atoms with Gasteiger partial charge in [0.15, 0.2) is 8.32 Å². The molecule has 0 amide bonds. The van der Waals surface area contributed by atoms with Crippen molar-refractivity contribution in [3.63, 3.8) is 0 Å². The Kier molecular flexibility index (Phi) is 6.70. The van der Waals surface area contributed by atoms with Crippen LogP contribution in [0.25, 0.3) is 6.08 Å². The van der Waals surface area contributed by atoms with Crippen molar-refractivity contribution in [2.75, 3.05) is 6.61 Å². The van der Waals surface area contributed by atoms with Crippen LogP contribution >= 0.6 is 22.6 Å². The smallest absolute Gasteiger partial charge is 0.330 e. The molecular formula is C17H27IN2O5Si. The molecule has 0 saturated carbocycles. The van der Waals surface area contributed by atoms with E-state index >= 15 is 0 Å². The number of H-pyrrole nitrogens is 1. The molecular weight excluding hydrogens is 467 g/mol. The molecule has 0 aromatic carbocycles. The van der Waals surface area contributed by atoms with Gasteiger partial charge in [0.2, 0.25) is 0 Å². The Morgan fingerprint density at radius 2 is 2.12 bits per heavy atom. The molecule has 0 radical (unpaired) electrons. The van der Waals surface area contributed by atoms with Crippen molar-refractivity contribution < 1.29 is 14.3 Å². The van der Waals surface area contributed by atoms with Gasteiger partial charge in [-0.25, -0.2) is 4.79 Å². The van der Waals surface area contributed by atoms with Gasteiger partial charge in [0.25, 0.3) is 5.56 Å². The first-order valence-electron chi connectivity index (χ1n) is 8.56. The Labute approximate surface area is 167 Å². The molecule has 0 bridgehead atoms. The fourth-order valence-electron chi connectivity index (χ4n) is 2.44. The van der Waals surface area contributed by atoms with E-state index in [0.717, 1.165) is 0 Å². The summed E-state index contributed by atoms with van der Waals surface area (Å²) in [6, 6.07) is 0. The van der Waals surface area contributed by atoms with Crippen LogP contribution < -0.4 is 11.2 Å². The number of aromatic amines is 1. The Morgan fingerprint density at radius 1 is 1.46 bits per heavy atom. The summed E-state index contributed by atoms with van der Waals surface area (Å²) in [5, 5.41) is 10.4. The first-order chi connectivity index (χ1) is 12.0. The largest absolute Gasteiger partial charge is 0.414 e. The monoisotopic (exact) mass is 494 g/mol. The molecule has 2 heterocycles. The maximum atomic E-state index is 12.1. The molecule has 1 saturated heterocycles. The fourth-order valence-corrected chi connectivity index (χ4v) is 3.85. The summed E-state index contributed by atoms with van der Waals surface area (Å²) in [5.41, 5.74) is -0.641. The third-order valence-electron chi connectivity index (χ3n) is 5.17. The van der Waals surface area contributed by atoms with Gasteiger partial charge >= 0.3 is 5.69 Å². The summed E-state index contributed by atoms with van der Waals surface area (Å²) >= 11 is 2.00. The summed E-state index contributed by atoms with van der Waals surface area (Å²) in [5.74, 6) is 0. The van der Waals surface area contributed by atoms with Crippen molar-refractivity contribution in [2.45, 2.75) is 63.8 Å². The minimum Gasteiger partial charge on any atom is -0.414 e. The summed E-state index contributed by atoms with van der Waals surface area (Å²) in [7, 11) is -1.96. The minimum atomic E-state index is -1.96. The van der Waals surface area contributed by atoms with Gasteiger partial charge in [0.1, 0.15) is 12.3 Å². The van der Waals surface area contributed by atoms with E-state index in [2.05, 4.69) is 38.8 Å². The first kappa shape index (κ1) is 21.5. The van der Waals surface area contributed by atoms with Crippen LogP contribution in [0.2, 0.25) is 18.1 Å². The second-order valence-corrected chi connectivity index (χ2v) is 13.6. The number of ether oxygens (including phenoxy) is 1. The predicted molar refractivity (Wildman–Crippen MR) is 112 cm³/mol. The Morgan fingerprint density at radius 3 is 2.69 bits per heavy atom. The zero-order valence-electron chi connectivity index (χ0n) is 15.8. The van der Waals surface area contributed by atoms with Gasteiger partial charge in [-0.2, -0.15) is 0 Å². The minimum absolute atomic E-state index is 0.0620. The molecule has 1 aromatic rings. The molecule has 0 spiro atoms. The maximum Gasteiger partial charge on any atom is 0.330 e. The molecule has 2 N–H and O–H groups in total. The van der Waals surface area contributed by atoms with Crippen LogP contribution in [-0.4, -0.2) is 41.8 Å². The number of hydrogen-bond donors (Lipinski definition) is 2. The van der Waals surface area contributed by atoms with E-state index in [1.54, 1.807) is 10.2 Å². The van der Waals surface area contributed by atoms with Crippen LogP contribution in [-0.2, 0) is 9.16 Å². The molecule has 7 nitrogen and oxygen atoms in total. The van der Waals surface area contributed by atoms with Crippen molar-refractivity contribution in [2.24, 2.45) is 0 Å². The number of aromatic nitrogens is 2. The molecule has 0 aliphatic carbocycles. The van der Waals surface area contributed by atoms with Crippen LogP contribution in [0.15, 0.2) is 19.9 Å². The normalized spacial score (nSPS) is 24.5. The molecule has 26 heavy (non-hydrogen) atoms. The highest BCUT2D eigenvalue weighted by Crippen LogP contribution is 2.37. The van der Waals surface area contributed by atoms with E-state index in [9.17, 15) is 14.7 Å².